The molecule has 0 unspecified atom stereocenters. The van der Waals surface area contributed by atoms with Crippen LogP contribution >= 0.6 is 0 Å². The van der Waals surface area contributed by atoms with E-state index in [9.17, 15) is 9.59 Å². The highest BCUT2D eigenvalue weighted by atomic mass is 16.4. The molecule has 3 N–H and O–H groups in total. The van der Waals surface area contributed by atoms with Crippen molar-refractivity contribution in [3.63, 3.8) is 0 Å². The fourth-order valence-corrected chi connectivity index (χ4v) is 0.773. The molecule has 0 spiro atoms. The van der Waals surface area contributed by atoms with Crippen LogP contribution in [-0.4, -0.2) is 41.0 Å². The van der Waals surface area contributed by atoms with E-state index in [1.54, 1.807) is 0 Å². The number of nitrogens with zero attached hydrogens (tertiary/aromatic N) is 1. The maximum Gasteiger partial charge on any atom is 0.323 e. The molecule has 0 heterocycles. The van der Waals surface area contributed by atoms with Crippen molar-refractivity contribution in [3.05, 3.63) is 0 Å². The number of aliphatic carboxylic acids is 1. The van der Waals surface area contributed by atoms with Crippen LogP contribution < -0.4 is 5.73 Å². The molecule has 0 aliphatic rings. The molecule has 13 heavy (non-hydrogen) atoms. The van der Waals surface area contributed by atoms with Gasteiger partial charge in [0.25, 0.3) is 0 Å². The molecule has 5 heteroatoms. The minimum absolute atomic E-state index is 0.0350. The number of amides is 1. The number of hydrogen-bond acceptors (Lipinski definition) is 3. The Morgan fingerprint density at radius 3 is 2.54 bits per heavy atom. The molecular formula is C8H12N2O3. The summed E-state index contributed by atoms with van der Waals surface area (Å²) in [4.78, 5) is 22.5. The van der Waals surface area contributed by atoms with Crippen LogP contribution in [0.1, 0.15) is 6.92 Å². The predicted molar refractivity (Wildman–Crippen MR) is 46.7 cm³/mol. The standard InChI is InChI=1S/C8H12N2O3/c1-3-4-10(5-7(11)12)8(13)6(2)9/h1,6H,4-5,9H2,2H3,(H,11,12)/t6-/m0/s1. The van der Waals surface area contributed by atoms with Crippen molar-refractivity contribution >= 4 is 11.9 Å². The lowest BCUT2D eigenvalue weighted by molar-refractivity contribution is -0.144. The Labute approximate surface area is 76.5 Å². The summed E-state index contributed by atoms with van der Waals surface area (Å²) in [6.07, 6.45) is 4.97. The van der Waals surface area contributed by atoms with Crippen LogP contribution in [0.15, 0.2) is 0 Å². The number of rotatable bonds is 4. The summed E-state index contributed by atoms with van der Waals surface area (Å²) >= 11 is 0. The van der Waals surface area contributed by atoms with E-state index in [0.29, 0.717) is 0 Å². The number of carboxylic acid groups (broad SMARTS) is 1. The minimum Gasteiger partial charge on any atom is -0.480 e. The van der Waals surface area contributed by atoms with Gasteiger partial charge in [-0.25, -0.2) is 0 Å². The quantitative estimate of drug-likeness (QED) is 0.542. The summed E-state index contributed by atoms with van der Waals surface area (Å²) in [5, 5.41) is 8.44. The normalized spacial score (nSPS) is 11.5. The molecule has 0 aliphatic carbocycles. The van der Waals surface area contributed by atoms with Gasteiger partial charge in [0.05, 0.1) is 12.6 Å². The van der Waals surface area contributed by atoms with E-state index < -0.39 is 24.5 Å². The predicted octanol–water partition coefficient (Wildman–Crippen LogP) is -1.12. The fourth-order valence-electron chi connectivity index (χ4n) is 0.773. The minimum atomic E-state index is -1.11. The third kappa shape index (κ3) is 4.13. The molecule has 72 valence electrons. The Balaban J connectivity index is 4.34. The van der Waals surface area contributed by atoms with Crippen LogP contribution in [0.25, 0.3) is 0 Å². The van der Waals surface area contributed by atoms with Gasteiger partial charge in [0.2, 0.25) is 5.91 Å². The van der Waals surface area contributed by atoms with E-state index in [1.807, 2.05) is 0 Å². The summed E-state index contributed by atoms with van der Waals surface area (Å²) < 4.78 is 0. The molecular weight excluding hydrogens is 172 g/mol. The van der Waals surface area contributed by atoms with Gasteiger partial charge in [-0.1, -0.05) is 5.92 Å². The third-order valence-corrected chi connectivity index (χ3v) is 1.31. The fraction of sp³-hybridized carbons (Fsp3) is 0.500. The molecule has 0 aromatic rings. The molecule has 0 saturated heterocycles. The Kier molecular flexibility index (Phi) is 4.55. The van der Waals surface area contributed by atoms with E-state index in [0.717, 1.165) is 4.90 Å². The molecule has 0 saturated carbocycles. The second kappa shape index (κ2) is 5.17. The molecule has 0 bridgehead atoms. The number of hydrogen-bond donors (Lipinski definition) is 2. The first-order valence-corrected chi connectivity index (χ1v) is 3.68. The molecule has 1 amide bonds. The van der Waals surface area contributed by atoms with Crippen molar-refractivity contribution < 1.29 is 14.7 Å². The third-order valence-electron chi connectivity index (χ3n) is 1.31. The maximum absolute atomic E-state index is 11.2. The van der Waals surface area contributed by atoms with E-state index in [2.05, 4.69) is 5.92 Å². The number of terminal acetylenes is 1. The monoisotopic (exact) mass is 184 g/mol. The topological polar surface area (TPSA) is 83.6 Å². The van der Waals surface area contributed by atoms with Crippen molar-refractivity contribution in [1.29, 1.82) is 0 Å². The van der Waals surface area contributed by atoms with Crippen molar-refractivity contribution in [2.45, 2.75) is 13.0 Å². The largest absolute Gasteiger partial charge is 0.480 e. The van der Waals surface area contributed by atoms with Crippen LogP contribution in [0.2, 0.25) is 0 Å². The zero-order valence-corrected chi connectivity index (χ0v) is 7.36. The van der Waals surface area contributed by atoms with Gasteiger partial charge in [-0.15, -0.1) is 6.42 Å². The average Bonchev–Trinajstić information content (AvgIpc) is 2.01. The first-order valence-electron chi connectivity index (χ1n) is 3.68. The van der Waals surface area contributed by atoms with E-state index in [4.69, 9.17) is 17.3 Å². The second-order valence-corrected chi connectivity index (χ2v) is 2.58. The Bertz CT molecular complexity index is 242. The van der Waals surface area contributed by atoms with Crippen LogP contribution in [0.3, 0.4) is 0 Å². The summed E-state index contributed by atoms with van der Waals surface area (Å²) in [5.74, 6) is 0.630. The molecule has 0 aromatic heterocycles. The second-order valence-electron chi connectivity index (χ2n) is 2.58. The molecule has 5 nitrogen and oxygen atoms in total. The Morgan fingerprint density at radius 2 is 2.23 bits per heavy atom. The SMILES string of the molecule is C#CCN(CC(=O)O)C(=O)[C@H](C)N. The summed E-state index contributed by atoms with van der Waals surface area (Å²) in [6, 6.07) is -0.729. The lowest BCUT2D eigenvalue weighted by atomic mass is 10.3. The Hall–Kier alpha value is -1.54. The lowest BCUT2D eigenvalue weighted by Crippen LogP contribution is -2.44. The summed E-state index contributed by atoms with van der Waals surface area (Å²) in [6.45, 7) is 1.03. The molecule has 0 fully saturated rings. The molecule has 0 aromatic carbocycles. The summed E-state index contributed by atoms with van der Waals surface area (Å²) in [7, 11) is 0. The van der Waals surface area contributed by atoms with E-state index >= 15 is 0 Å². The zero-order valence-electron chi connectivity index (χ0n) is 7.36. The van der Waals surface area contributed by atoms with E-state index in [-0.39, 0.29) is 6.54 Å². The van der Waals surface area contributed by atoms with Gasteiger partial charge in [0, 0.05) is 0 Å². The van der Waals surface area contributed by atoms with Gasteiger partial charge in [-0.2, -0.15) is 0 Å². The smallest absolute Gasteiger partial charge is 0.323 e. The number of carboxylic acids is 1. The molecule has 0 aliphatic heterocycles. The highest BCUT2D eigenvalue weighted by molar-refractivity contribution is 5.85. The van der Waals surface area contributed by atoms with Gasteiger partial charge >= 0.3 is 5.97 Å². The first-order chi connectivity index (χ1) is 5.99. The molecule has 1 atom stereocenters. The zero-order chi connectivity index (χ0) is 10.4. The van der Waals surface area contributed by atoms with E-state index in [1.165, 1.54) is 6.92 Å². The average molecular weight is 184 g/mol. The molecule has 0 rings (SSSR count). The van der Waals surface area contributed by atoms with Gasteiger partial charge in [-0.3, -0.25) is 9.59 Å². The highest BCUT2D eigenvalue weighted by Gasteiger charge is 2.18. The van der Waals surface area contributed by atoms with Gasteiger partial charge < -0.3 is 15.7 Å². The lowest BCUT2D eigenvalue weighted by Gasteiger charge is -2.19. The number of nitrogens with two attached hydrogens (primary N) is 1. The van der Waals surface area contributed by atoms with Crippen molar-refractivity contribution in [1.82, 2.24) is 4.90 Å². The summed E-state index contributed by atoms with van der Waals surface area (Å²) in [5.41, 5.74) is 5.29. The maximum atomic E-state index is 11.2. The number of carbonyl (C=O) groups excluding carboxylic acids is 1. The van der Waals surface area contributed by atoms with Crippen LogP contribution in [0.5, 0.6) is 0 Å². The molecule has 0 radical (unpaired) electrons. The Morgan fingerprint density at radius 1 is 1.69 bits per heavy atom. The van der Waals surface area contributed by atoms with Gasteiger partial charge in [0.15, 0.2) is 0 Å². The van der Waals surface area contributed by atoms with Gasteiger partial charge in [-0.05, 0) is 6.92 Å². The number of carbonyl (C=O) groups is 2. The van der Waals surface area contributed by atoms with Crippen molar-refractivity contribution in [2.75, 3.05) is 13.1 Å². The van der Waals surface area contributed by atoms with Crippen molar-refractivity contribution in [2.24, 2.45) is 5.73 Å². The highest BCUT2D eigenvalue weighted by Crippen LogP contribution is 1.92. The first kappa shape index (κ1) is 11.5. The van der Waals surface area contributed by atoms with Gasteiger partial charge in [0.1, 0.15) is 6.54 Å². The van der Waals surface area contributed by atoms with Crippen LogP contribution in [0.4, 0.5) is 0 Å². The van der Waals surface area contributed by atoms with Crippen molar-refractivity contribution in [3.8, 4) is 12.3 Å². The van der Waals surface area contributed by atoms with Crippen LogP contribution in [0, 0.1) is 12.3 Å². The van der Waals surface area contributed by atoms with Crippen LogP contribution in [-0.2, 0) is 9.59 Å².